The molecule has 0 fully saturated rings. The van der Waals surface area contributed by atoms with Gasteiger partial charge in [0.25, 0.3) is 0 Å². The van der Waals surface area contributed by atoms with Crippen LogP contribution in [0.1, 0.15) is 0 Å². The number of hydrogen-bond acceptors (Lipinski definition) is 1. The van der Waals surface area contributed by atoms with Gasteiger partial charge < -0.3 is 0 Å². The standard InChI is InChI=1S/C12H8FO.Sn.H/c13-10-6-8-12(9-7-10)14-11-4-2-1-3-5-11;;/h1-2,4-9H;;. The summed E-state index contributed by atoms with van der Waals surface area (Å²) in [4.78, 5) is 0. The molecule has 0 bridgehead atoms. The third-order valence-corrected chi connectivity index (χ3v) is 2.93. The van der Waals surface area contributed by atoms with Gasteiger partial charge in [0.05, 0.1) is 0 Å². The van der Waals surface area contributed by atoms with Gasteiger partial charge in [-0.2, -0.15) is 0 Å². The van der Waals surface area contributed by atoms with E-state index in [-0.39, 0.29) is 5.82 Å². The molecular weight excluding hydrogens is 298 g/mol. The fourth-order valence-corrected chi connectivity index (χ4v) is 2.00. The van der Waals surface area contributed by atoms with Crippen LogP contribution < -0.4 is 8.32 Å². The second kappa shape index (κ2) is 4.66. The molecule has 0 amide bonds. The minimum absolute atomic E-state index is 0.251. The predicted octanol–water partition coefficient (Wildman–Crippen LogP) is 2.14. The molecule has 74 valence electrons. The molecule has 0 atom stereocenters. The second-order valence-electron chi connectivity index (χ2n) is 3.13. The molecule has 0 heterocycles. The Morgan fingerprint density at radius 1 is 0.933 bits per heavy atom. The van der Waals surface area contributed by atoms with Crippen LogP contribution in [0.3, 0.4) is 0 Å². The average molecular weight is 307 g/mol. The molecule has 0 spiro atoms. The maximum atomic E-state index is 12.6. The van der Waals surface area contributed by atoms with E-state index in [2.05, 4.69) is 6.07 Å². The summed E-state index contributed by atoms with van der Waals surface area (Å²) in [5.74, 6) is 1.20. The Balaban J connectivity index is 2.18. The van der Waals surface area contributed by atoms with E-state index in [9.17, 15) is 4.39 Å². The summed E-state index contributed by atoms with van der Waals surface area (Å²) < 4.78 is 19.5. The topological polar surface area (TPSA) is 9.23 Å². The summed E-state index contributed by atoms with van der Waals surface area (Å²) >= 11 is 1.06. The van der Waals surface area contributed by atoms with Crippen molar-refractivity contribution >= 4 is 26.1 Å². The average Bonchev–Trinajstić information content (AvgIpc) is 2.22. The minimum atomic E-state index is -0.251. The summed E-state index contributed by atoms with van der Waals surface area (Å²) in [7, 11) is 0. The first-order chi connectivity index (χ1) is 7.24. The first-order valence-corrected chi connectivity index (χ1v) is 6.18. The van der Waals surface area contributed by atoms with Gasteiger partial charge in [0, 0.05) is 0 Å². The van der Waals surface area contributed by atoms with Crippen molar-refractivity contribution in [2.24, 2.45) is 0 Å². The van der Waals surface area contributed by atoms with E-state index in [0.717, 1.165) is 28.3 Å². The van der Waals surface area contributed by atoms with Crippen LogP contribution in [0.2, 0.25) is 0 Å². The first kappa shape index (κ1) is 10.5. The van der Waals surface area contributed by atoms with E-state index in [1.807, 2.05) is 18.2 Å². The Morgan fingerprint density at radius 3 is 2.33 bits per heavy atom. The molecule has 2 aromatic carbocycles. The van der Waals surface area contributed by atoms with Crippen LogP contribution >= 0.6 is 0 Å². The summed E-state index contributed by atoms with van der Waals surface area (Å²) in [6.07, 6.45) is 0. The third-order valence-electron chi connectivity index (χ3n) is 1.91. The molecule has 1 nitrogen and oxygen atoms in total. The summed E-state index contributed by atoms with van der Waals surface area (Å²) in [6.45, 7) is 0. The van der Waals surface area contributed by atoms with E-state index in [4.69, 9.17) is 4.74 Å². The number of ether oxygens (including phenoxy) is 1. The van der Waals surface area contributed by atoms with E-state index in [0.29, 0.717) is 5.75 Å². The normalized spacial score (nSPS) is 10.0. The number of benzene rings is 2. The molecule has 3 heteroatoms. The first-order valence-electron chi connectivity index (χ1n) is 4.53. The molecule has 2 aromatic rings. The van der Waals surface area contributed by atoms with Crippen molar-refractivity contribution in [3.05, 3.63) is 54.3 Å². The van der Waals surface area contributed by atoms with Crippen molar-refractivity contribution in [1.29, 1.82) is 0 Å². The van der Waals surface area contributed by atoms with Gasteiger partial charge in [0.1, 0.15) is 0 Å². The Morgan fingerprint density at radius 2 is 1.67 bits per heavy atom. The van der Waals surface area contributed by atoms with Crippen LogP contribution in [0.5, 0.6) is 11.5 Å². The monoisotopic (exact) mass is 308 g/mol. The van der Waals surface area contributed by atoms with Gasteiger partial charge in [-0.15, -0.1) is 0 Å². The van der Waals surface area contributed by atoms with Crippen molar-refractivity contribution in [2.75, 3.05) is 0 Å². The van der Waals surface area contributed by atoms with Crippen LogP contribution in [-0.2, 0) is 0 Å². The molecule has 15 heavy (non-hydrogen) atoms. The summed E-state index contributed by atoms with van der Waals surface area (Å²) in [6, 6.07) is 13.9. The molecule has 2 radical (unpaired) electrons. The zero-order valence-corrected chi connectivity index (χ0v) is 11.3. The van der Waals surface area contributed by atoms with Crippen LogP contribution in [0, 0.1) is 5.82 Å². The van der Waals surface area contributed by atoms with Gasteiger partial charge in [0.2, 0.25) is 0 Å². The van der Waals surface area contributed by atoms with Gasteiger partial charge in [-0.05, 0) is 0 Å². The van der Waals surface area contributed by atoms with E-state index in [1.165, 1.54) is 15.7 Å². The fraction of sp³-hybridized carbons (Fsp3) is 0. The van der Waals surface area contributed by atoms with Gasteiger partial charge in [-0.1, -0.05) is 0 Å². The van der Waals surface area contributed by atoms with Gasteiger partial charge in [-0.3, -0.25) is 0 Å². The van der Waals surface area contributed by atoms with Crippen molar-refractivity contribution in [1.82, 2.24) is 0 Å². The van der Waals surface area contributed by atoms with Crippen molar-refractivity contribution in [3.8, 4) is 11.5 Å². The zero-order chi connectivity index (χ0) is 10.7. The molecule has 0 saturated carbocycles. The maximum absolute atomic E-state index is 12.6. The molecule has 2 rings (SSSR count). The van der Waals surface area contributed by atoms with Crippen LogP contribution in [-0.4, -0.2) is 22.5 Å². The van der Waals surface area contributed by atoms with E-state index >= 15 is 0 Å². The van der Waals surface area contributed by atoms with Crippen LogP contribution in [0.15, 0.2) is 48.5 Å². The Hall–Kier alpha value is -1.03. The van der Waals surface area contributed by atoms with E-state index in [1.54, 1.807) is 12.1 Å². The SMILES string of the molecule is Fc1ccc(Oc2ccc[c]([SnH])c2)cc1. The van der Waals surface area contributed by atoms with Crippen molar-refractivity contribution in [3.63, 3.8) is 0 Å². The number of hydrogen-bond donors (Lipinski definition) is 0. The molecule has 0 aliphatic heterocycles. The number of rotatable bonds is 2. The molecule has 0 aliphatic carbocycles. The molecular formula is C12H9FOSn. The Kier molecular flexibility index (Phi) is 3.26. The van der Waals surface area contributed by atoms with Gasteiger partial charge >= 0.3 is 101 Å². The fourth-order valence-electron chi connectivity index (χ4n) is 1.22. The summed E-state index contributed by atoms with van der Waals surface area (Å²) in [5.41, 5.74) is 0. The number of halogens is 1. The van der Waals surface area contributed by atoms with E-state index < -0.39 is 0 Å². The molecule has 0 N–H and O–H groups in total. The summed E-state index contributed by atoms with van der Waals surface area (Å²) in [5, 5.41) is 0. The van der Waals surface area contributed by atoms with Crippen molar-refractivity contribution in [2.45, 2.75) is 0 Å². The molecule has 0 unspecified atom stereocenters. The quantitative estimate of drug-likeness (QED) is 0.773. The molecule has 0 aliphatic rings. The van der Waals surface area contributed by atoms with Crippen molar-refractivity contribution < 1.29 is 9.13 Å². The van der Waals surface area contributed by atoms with Gasteiger partial charge in [-0.25, -0.2) is 0 Å². The van der Waals surface area contributed by atoms with Gasteiger partial charge in [0.15, 0.2) is 0 Å². The second-order valence-corrected chi connectivity index (χ2v) is 5.03. The van der Waals surface area contributed by atoms with Crippen LogP contribution in [0.4, 0.5) is 4.39 Å². The predicted molar refractivity (Wildman–Crippen MR) is 59.7 cm³/mol. The van der Waals surface area contributed by atoms with Crippen LogP contribution in [0.25, 0.3) is 0 Å². The third kappa shape index (κ3) is 2.96. The molecule has 0 saturated heterocycles. The Bertz CT molecular complexity index is 453. The molecule has 0 aromatic heterocycles. The zero-order valence-electron chi connectivity index (χ0n) is 7.98. The Labute approximate surface area is 101 Å².